The smallest absolute Gasteiger partial charge is 0.410 e. The van der Waals surface area contributed by atoms with Crippen molar-refractivity contribution in [3.8, 4) is 0 Å². The van der Waals surface area contributed by atoms with Gasteiger partial charge >= 0.3 is 6.09 Å². The molecule has 166 valence electrons. The van der Waals surface area contributed by atoms with Gasteiger partial charge in [0.2, 0.25) is 0 Å². The maximum atomic E-state index is 13.7. The molecular formula is C24H36N2O3S. The van der Waals surface area contributed by atoms with Crippen molar-refractivity contribution < 1.29 is 14.3 Å². The van der Waals surface area contributed by atoms with Crippen molar-refractivity contribution >= 4 is 23.8 Å². The summed E-state index contributed by atoms with van der Waals surface area (Å²) in [5.74, 6) is 0.677. The van der Waals surface area contributed by atoms with Crippen LogP contribution in [0.2, 0.25) is 0 Å². The fraction of sp³-hybridized carbons (Fsp3) is 0.667. The Labute approximate surface area is 185 Å². The van der Waals surface area contributed by atoms with Crippen molar-refractivity contribution in [3.05, 3.63) is 29.8 Å². The number of carbonyl (C=O) groups excluding carboxylic acids is 2. The molecule has 1 aliphatic heterocycles. The molecule has 0 bridgehead atoms. The second-order valence-electron chi connectivity index (χ2n) is 9.79. The van der Waals surface area contributed by atoms with E-state index in [1.807, 2.05) is 49.9 Å². The third-order valence-electron chi connectivity index (χ3n) is 5.68. The van der Waals surface area contributed by atoms with Gasteiger partial charge in [-0.3, -0.25) is 4.79 Å². The Kier molecular flexibility index (Phi) is 7.38. The molecule has 3 rings (SSSR count). The minimum absolute atomic E-state index is 0.0442. The number of ether oxygens (including phenoxy) is 1. The van der Waals surface area contributed by atoms with Crippen molar-refractivity contribution in [1.29, 1.82) is 0 Å². The summed E-state index contributed by atoms with van der Waals surface area (Å²) in [6, 6.07) is 7.98. The van der Waals surface area contributed by atoms with Crippen LogP contribution in [0.5, 0.6) is 0 Å². The topological polar surface area (TPSA) is 49.9 Å². The normalized spacial score (nSPS) is 19.7. The molecular weight excluding hydrogens is 396 g/mol. The van der Waals surface area contributed by atoms with E-state index in [1.165, 1.54) is 19.3 Å². The van der Waals surface area contributed by atoms with E-state index < -0.39 is 5.60 Å². The lowest BCUT2D eigenvalue weighted by Gasteiger charge is -2.36. The van der Waals surface area contributed by atoms with Crippen molar-refractivity contribution in [3.63, 3.8) is 0 Å². The number of likely N-dealkylation sites (tertiary alicyclic amines) is 1. The lowest BCUT2D eigenvalue weighted by molar-refractivity contribution is 0.0269. The first-order chi connectivity index (χ1) is 14.1. The molecule has 5 nitrogen and oxygen atoms in total. The average Bonchev–Trinajstić information content (AvgIpc) is 3.09. The van der Waals surface area contributed by atoms with Crippen LogP contribution >= 0.6 is 11.8 Å². The molecule has 1 aromatic carbocycles. The van der Waals surface area contributed by atoms with Gasteiger partial charge in [-0.1, -0.05) is 32.4 Å². The van der Waals surface area contributed by atoms with Crippen LogP contribution in [0.3, 0.4) is 0 Å². The molecule has 1 heterocycles. The van der Waals surface area contributed by atoms with Crippen LogP contribution in [0.25, 0.3) is 0 Å². The third kappa shape index (κ3) is 5.93. The van der Waals surface area contributed by atoms with E-state index in [4.69, 9.17) is 4.74 Å². The maximum Gasteiger partial charge on any atom is 0.410 e. The van der Waals surface area contributed by atoms with Crippen LogP contribution in [0.15, 0.2) is 29.2 Å². The molecule has 0 N–H and O–H groups in total. The highest BCUT2D eigenvalue weighted by Gasteiger charge is 2.37. The standard InChI is InChI=1S/C24H36N2O3S/c1-17(2)30-21-12-7-6-11-20(21)22(27)26(15-18-9-8-10-18)19-13-14-25(16-19)23(28)29-24(3,4)5/h6-7,11-12,17-19H,8-10,13-16H2,1-5H3/t19-/m0/s1. The molecule has 2 fully saturated rings. The van der Waals surface area contributed by atoms with Crippen LogP contribution in [0, 0.1) is 5.92 Å². The fourth-order valence-corrected chi connectivity index (χ4v) is 4.94. The molecule has 0 radical (unpaired) electrons. The molecule has 0 spiro atoms. The van der Waals surface area contributed by atoms with Crippen LogP contribution in [0.1, 0.15) is 70.7 Å². The summed E-state index contributed by atoms with van der Waals surface area (Å²) in [7, 11) is 0. The van der Waals surface area contributed by atoms with Gasteiger partial charge in [-0.25, -0.2) is 4.79 Å². The fourth-order valence-electron chi connectivity index (χ4n) is 3.99. The molecule has 2 aliphatic rings. The molecule has 2 amide bonds. The highest BCUT2D eigenvalue weighted by molar-refractivity contribution is 8.00. The summed E-state index contributed by atoms with van der Waals surface area (Å²) in [5, 5.41) is 0.410. The predicted molar refractivity (Wildman–Crippen MR) is 122 cm³/mol. The number of benzene rings is 1. The van der Waals surface area contributed by atoms with E-state index >= 15 is 0 Å². The monoisotopic (exact) mass is 432 g/mol. The zero-order valence-corrected chi connectivity index (χ0v) is 19.8. The second-order valence-corrected chi connectivity index (χ2v) is 11.4. The summed E-state index contributed by atoms with van der Waals surface area (Å²) >= 11 is 1.73. The van der Waals surface area contributed by atoms with Gasteiger partial charge in [0.15, 0.2) is 0 Å². The lowest BCUT2D eigenvalue weighted by Crippen LogP contribution is -2.46. The molecule has 1 saturated carbocycles. The molecule has 1 atom stereocenters. The molecule has 0 unspecified atom stereocenters. The Morgan fingerprint density at radius 2 is 1.90 bits per heavy atom. The summed E-state index contributed by atoms with van der Waals surface area (Å²) in [5.41, 5.74) is 0.273. The number of hydrogen-bond acceptors (Lipinski definition) is 4. The summed E-state index contributed by atoms with van der Waals surface area (Å²) in [4.78, 5) is 31.1. The molecule has 1 aromatic rings. The van der Waals surface area contributed by atoms with Gasteiger partial charge in [0.1, 0.15) is 5.60 Å². The Morgan fingerprint density at radius 1 is 1.20 bits per heavy atom. The Morgan fingerprint density at radius 3 is 2.50 bits per heavy atom. The number of nitrogens with zero attached hydrogens (tertiary/aromatic N) is 2. The first kappa shape index (κ1) is 23.0. The van der Waals surface area contributed by atoms with Crippen LogP contribution in [0.4, 0.5) is 4.79 Å². The Hall–Kier alpha value is -1.69. The molecule has 1 aliphatic carbocycles. The van der Waals surface area contributed by atoms with Crippen molar-refractivity contribution in [2.75, 3.05) is 19.6 Å². The van der Waals surface area contributed by atoms with Crippen molar-refractivity contribution in [2.24, 2.45) is 5.92 Å². The van der Waals surface area contributed by atoms with E-state index in [1.54, 1.807) is 16.7 Å². The SMILES string of the molecule is CC(C)Sc1ccccc1C(=O)N(CC1CCC1)[C@H]1CCN(C(=O)OC(C)(C)C)C1. The highest BCUT2D eigenvalue weighted by atomic mass is 32.2. The zero-order valence-electron chi connectivity index (χ0n) is 19.0. The number of amides is 2. The molecule has 0 aromatic heterocycles. The number of rotatable bonds is 6. The van der Waals surface area contributed by atoms with E-state index in [0.29, 0.717) is 24.3 Å². The van der Waals surface area contributed by atoms with Gasteiger partial charge < -0.3 is 14.5 Å². The van der Waals surface area contributed by atoms with Gasteiger partial charge in [0.05, 0.1) is 11.6 Å². The number of thioether (sulfide) groups is 1. The summed E-state index contributed by atoms with van der Waals surface area (Å²) in [6.45, 7) is 11.9. The van der Waals surface area contributed by atoms with Crippen LogP contribution < -0.4 is 0 Å². The zero-order chi connectivity index (χ0) is 21.9. The largest absolute Gasteiger partial charge is 0.444 e. The van der Waals surface area contributed by atoms with E-state index in [2.05, 4.69) is 13.8 Å². The Balaban J connectivity index is 1.77. The van der Waals surface area contributed by atoms with Gasteiger partial charge in [0.25, 0.3) is 5.91 Å². The number of hydrogen-bond donors (Lipinski definition) is 0. The minimum Gasteiger partial charge on any atom is -0.444 e. The average molecular weight is 433 g/mol. The highest BCUT2D eigenvalue weighted by Crippen LogP contribution is 2.32. The predicted octanol–water partition coefficient (Wildman–Crippen LogP) is 5.44. The van der Waals surface area contributed by atoms with Gasteiger partial charge in [-0.15, -0.1) is 11.8 Å². The van der Waals surface area contributed by atoms with Crippen LogP contribution in [-0.4, -0.2) is 58.3 Å². The maximum absolute atomic E-state index is 13.7. The third-order valence-corrected chi connectivity index (χ3v) is 6.76. The molecule has 6 heteroatoms. The first-order valence-corrected chi connectivity index (χ1v) is 12.1. The summed E-state index contributed by atoms with van der Waals surface area (Å²) in [6.07, 6.45) is 4.15. The van der Waals surface area contributed by atoms with Crippen molar-refractivity contribution in [1.82, 2.24) is 9.80 Å². The van der Waals surface area contributed by atoms with Crippen molar-refractivity contribution in [2.45, 2.75) is 82.1 Å². The quantitative estimate of drug-likeness (QED) is 0.562. The van der Waals surface area contributed by atoms with E-state index in [0.717, 1.165) is 23.4 Å². The number of carbonyl (C=O) groups is 2. The second kappa shape index (κ2) is 9.63. The lowest BCUT2D eigenvalue weighted by atomic mass is 9.84. The Bertz CT molecular complexity index is 755. The summed E-state index contributed by atoms with van der Waals surface area (Å²) < 4.78 is 5.55. The minimum atomic E-state index is -0.510. The van der Waals surface area contributed by atoms with E-state index in [9.17, 15) is 9.59 Å². The molecule has 1 saturated heterocycles. The van der Waals surface area contributed by atoms with Gasteiger partial charge in [-0.2, -0.15) is 0 Å². The van der Waals surface area contributed by atoms with Gasteiger partial charge in [-0.05, 0) is 58.1 Å². The first-order valence-electron chi connectivity index (χ1n) is 11.2. The molecule has 30 heavy (non-hydrogen) atoms. The van der Waals surface area contributed by atoms with Crippen LogP contribution in [-0.2, 0) is 4.74 Å². The van der Waals surface area contributed by atoms with E-state index in [-0.39, 0.29) is 18.0 Å². The van der Waals surface area contributed by atoms with Gasteiger partial charge in [0, 0.05) is 29.8 Å².